The molecule has 2 aromatic heterocycles. The van der Waals surface area contributed by atoms with Crippen LogP contribution in [-0.2, 0) is 4.74 Å². The predicted octanol–water partition coefficient (Wildman–Crippen LogP) is -1.06. The molecular formula is C13H20N4O5. The zero-order valence-electron chi connectivity index (χ0n) is 12.3. The molecule has 0 amide bonds. The maximum atomic E-state index is 11.8. The number of aliphatic hydroxyl groups is 3. The zero-order valence-corrected chi connectivity index (χ0v) is 12.3. The van der Waals surface area contributed by atoms with Crippen LogP contribution >= 0.6 is 0 Å². The monoisotopic (exact) mass is 312 g/mol. The summed E-state index contributed by atoms with van der Waals surface area (Å²) in [7, 11) is 0. The van der Waals surface area contributed by atoms with Crippen LogP contribution in [-0.4, -0.2) is 54.8 Å². The first kappa shape index (κ1) is 16.4. The van der Waals surface area contributed by atoms with Gasteiger partial charge in [0.05, 0.1) is 18.1 Å². The summed E-state index contributed by atoms with van der Waals surface area (Å²) in [6.07, 6.45) is -2.32. The van der Waals surface area contributed by atoms with E-state index in [0.29, 0.717) is 11.0 Å². The summed E-state index contributed by atoms with van der Waals surface area (Å²) in [5.74, 6) is -0.0210. The Kier molecular flexibility index (Phi) is 4.81. The van der Waals surface area contributed by atoms with Gasteiger partial charge >= 0.3 is 0 Å². The fraction of sp³-hybridized carbons (Fsp3) is 0.538. The highest BCUT2D eigenvalue weighted by atomic mass is 16.5. The van der Waals surface area contributed by atoms with Gasteiger partial charge < -0.3 is 30.4 Å². The number of aromatic nitrogens is 3. The van der Waals surface area contributed by atoms with E-state index in [1.807, 2.05) is 0 Å². The van der Waals surface area contributed by atoms with Crippen molar-refractivity contribution in [3.63, 3.8) is 0 Å². The molecule has 4 atom stereocenters. The van der Waals surface area contributed by atoms with E-state index >= 15 is 0 Å². The van der Waals surface area contributed by atoms with E-state index < -0.39 is 31.1 Å². The molecule has 9 heteroatoms. The van der Waals surface area contributed by atoms with Gasteiger partial charge in [-0.1, -0.05) is 0 Å². The number of hydrogen-bond acceptors (Lipinski definition) is 7. The summed E-state index contributed by atoms with van der Waals surface area (Å²) in [5, 5.41) is 28.8. The van der Waals surface area contributed by atoms with Crippen molar-refractivity contribution in [1.29, 1.82) is 0 Å². The maximum absolute atomic E-state index is 11.8. The van der Waals surface area contributed by atoms with Crippen LogP contribution in [0.5, 0.6) is 0 Å². The summed E-state index contributed by atoms with van der Waals surface area (Å²) < 4.78 is 7.12. The average Bonchev–Trinajstić information content (AvgIpc) is 2.87. The fourth-order valence-corrected chi connectivity index (χ4v) is 2.21. The quantitative estimate of drug-likeness (QED) is 0.457. The lowest BCUT2D eigenvalue weighted by molar-refractivity contribution is -0.140. The summed E-state index contributed by atoms with van der Waals surface area (Å²) in [5.41, 5.74) is 5.50. The molecule has 2 aromatic rings. The summed E-state index contributed by atoms with van der Waals surface area (Å²) >= 11 is 0. The Hall–Kier alpha value is -1.94. The maximum Gasteiger partial charge on any atom is 0.261 e. The molecule has 0 radical (unpaired) electrons. The van der Waals surface area contributed by atoms with Crippen molar-refractivity contribution in [2.24, 2.45) is 0 Å². The first-order valence-electron chi connectivity index (χ1n) is 6.84. The van der Waals surface area contributed by atoms with Gasteiger partial charge in [-0.3, -0.25) is 9.78 Å². The molecule has 6 N–H and O–H groups in total. The molecule has 22 heavy (non-hydrogen) atoms. The summed E-state index contributed by atoms with van der Waals surface area (Å²) in [6.45, 7) is 2.59. The van der Waals surface area contributed by atoms with Crippen LogP contribution in [0.3, 0.4) is 0 Å². The molecule has 0 bridgehead atoms. The number of aromatic amines is 1. The van der Waals surface area contributed by atoms with Gasteiger partial charge in [-0.25, -0.2) is 0 Å². The van der Waals surface area contributed by atoms with Crippen LogP contribution in [0, 0.1) is 0 Å². The van der Waals surface area contributed by atoms with Gasteiger partial charge in [0.1, 0.15) is 18.4 Å². The Labute approximate surface area is 126 Å². The number of rotatable bonds is 6. The molecule has 3 unspecified atom stereocenters. The highest BCUT2D eigenvalue weighted by molar-refractivity contribution is 5.75. The van der Waals surface area contributed by atoms with Crippen molar-refractivity contribution < 1.29 is 20.1 Å². The predicted molar refractivity (Wildman–Crippen MR) is 79.1 cm³/mol. The fourth-order valence-electron chi connectivity index (χ4n) is 2.21. The van der Waals surface area contributed by atoms with Crippen molar-refractivity contribution in [2.75, 3.05) is 12.3 Å². The second kappa shape index (κ2) is 6.44. The van der Waals surface area contributed by atoms with Gasteiger partial charge in [0.15, 0.2) is 5.65 Å². The van der Waals surface area contributed by atoms with Crippen LogP contribution in [0.2, 0.25) is 0 Å². The second-order valence-electron chi connectivity index (χ2n) is 5.10. The minimum Gasteiger partial charge on any atom is -0.394 e. The van der Waals surface area contributed by atoms with Crippen molar-refractivity contribution in [2.45, 2.75) is 38.4 Å². The number of ether oxygens (including phenoxy) is 1. The Morgan fingerprint density at radius 3 is 2.73 bits per heavy atom. The molecule has 0 aliphatic carbocycles. The number of fused-ring (bicyclic) bond motifs is 1. The molecule has 0 aromatic carbocycles. The molecule has 2 heterocycles. The van der Waals surface area contributed by atoms with E-state index in [1.165, 1.54) is 6.92 Å². The lowest BCUT2D eigenvalue weighted by atomic mass is 10.1. The van der Waals surface area contributed by atoms with E-state index in [2.05, 4.69) is 9.97 Å². The van der Waals surface area contributed by atoms with Crippen molar-refractivity contribution >= 4 is 17.0 Å². The van der Waals surface area contributed by atoms with Crippen LogP contribution in [0.25, 0.3) is 11.0 Å². The van der Waals surface area contributed by atoms with E-state index in [1.54, 1.807) is 23.8 Å². The lowest BCUT2D eigenvalue weighted by Crippen LogP contribution is -2.41. The Bertz CT molecular complexity index is 695. The second-order valence-corrected chi connectivity index (χ2v) is 5.10. The van der Waals surface area contributed by atoms with E-state index in [4.69, 9.17) is 10.5 Å². The van der Waals surface area contributed by atoms with Gasteiger partial charge in [0.2, 0.25) is 5.95 Å². The number of hydrogen-bond donors (Lipinski definition) is 5. The van der Waals surface area contributed by atoms with E-state index in [-0.39, 0.29) is 11.5 Å². The molecule has 0 spiro atoms. The minimum absolute atomic E-state index is 0.0210. The minimum atomic E-state index is -1.24. The van der Waals surface area contributed by atoms with Gasteiger partial charge in [-0.2, -0.15) is 4.98 Å². The molecule has 0 aliphatic heterocycles. The Morgan fingerprint density at radius 2 is 2.14 bits per heavy atom. The molecular weight excluding hydrogens is 292 g/mol. The van der Waals surface area contributed by atoms with Crippen molar-refractivity contribution in [3.8, 4) is 0 Å². The van der Waals surface area contributed by atoms with E-state index in [9.17, 15) is 20.1 Å². The molecule has 9 nitrogen and oxygen atoms in total. The average molecular weight is 312 g/mol. The van der Waals surface area contributed by atoms with Gasteiger partial charge in [0.25, 0.3) is 5.56 Å². The third-order valence-corrected chi connectivity index (χ3v) is 3.42. The van der Waals surface area contributed by atoms with Crippen LogP contribution in [0.1, 0.15) is 20.1 Å². The molecule has 0 fully saturated rings. The molecule has 2 rings (SSSR count). The van der Waals surface area contributed by atoms with Gasteiger partial charge in [-0.15, -0.1) is 0 Å². The highest BCUT2D eigenvalue weighted by Crippen LogP contribution is 2.20. The van der Waals surface area contributed by atoms with Gasteiger partial charge in [-0.05, 0) is 19.9 Å². The normalized spacial score (nSPS) is 17.3. The number of anilines is 1. The molecule has 122 valence electrons. The van der Waals surface area contributed by atoms with Crippen LogP contribution < -0.4 is 11.3 Å². The molecule has 0 saturated carbocycles. The number of nitrogens with one attached hydrogen (secondary N) is 1. The Balaban J connectivity index is 2.30. The van der Waals surface area contributed by atoms with Crippen LogP contribution in [0.15, 0.2) is 17.1 Å². The number of H-pyrrole nitrogens is 1. The van der Waals surface area contributed by atoms with Gasteiger partial charge in [0, 0.05) is 6.20 Å². The third kappa shape index (κ3) is 3.12. The molecule has 0 saturated heterocycles. The third-order valence-electron chi connectivity index (χ3n) is 3.42. The van der Waals surface area contributed by atoms with Crippen LogP contribution in [0.4, 0.5) is 5.95 Å². The number of nitrogens with two attached hydrogens (primary N) is 1. The standard InChI is InChI=1S/C13H20N4O5/c1-6(19)10(20)9(5-18)22-7(2)17-4-3-8-11(17)15-13(14)16-12(8)21/h3-4,6-7,9-10,18-20H,5H2,1-2H3,(H3,14,15,16,21)/t6?,7?,9-,10?/m1/s1. The number of nitrogen functional groups attached to an aromatic ring is 1. The Morgan fingerprint density at radius 1 is 1.45 bits per heavy atom. The topological polar surface area (TPSA) is 147 Å². The largest absolute Gasteiger partial charge is 0.394 e. The van der Waals surface area contributed by atoms with Crippen molar-refractivity contribution in [3.05, 3.63) is 22.6 Å². The first-order chi connectivity index (χ1) is 10.3. The van der Waals surface area contributed by atoms with E-state index in [0.717, 1.165) is 0 Å². The summed E-state index contributed by atoms with van der Waals surface area (Å²) in [6, 6.07) is 1.57. The first-order valence-corrected chi connectivity index (χ1v) is 6.84. The number of nitrogens with zero attached hydrogens (tertiary/aromatic N) is 2. The summed E-state index contributed by atoms with van der Waals surface area (Å²) in [4.78, 5) is 18.2. The smallest absolute Gasteiger partial charge is 0.261 e. The number of aliphatic hydroxyl groups excluding tert-OH is 3. The lowest BCUT2D eigenvalue weighted by Gasteiger charge is -2.27. The zero-order chi connectivity index (χ0) is 16.4. The van der Waals surface area contributed by atoms with Crippen molar-refractivity contribution in [1.82, 2.24) is 14.5 Å². The highest BCUT2D eigenvalue weighted by Gasteiger charge is 2.26. The SMILES string of the molecule is CC(O)C(O)[C@@H](CO)OC(C)n1ccc2c(=O)[nH]c(N)nc21. The molecule has 0 aliphatic rings.